The minimum Gasteiger partial charge on any atom is -0.497 e. The van der Waals surface area contributed by atoms with Crippen molar-refractivity contribution in [3.05, 3.63) is 227 Å². The lowest BCUT2D eigenvalue weighted by Gasteiger charge is -2.49. The van der Waals surface area contributed by atoms with Crippen molar-refractivity contribution in [1.82, 2.24) is 19.6 Å². The number of allylic oxidation sites excluding steroid dienone is 1. The zero-order valence-corrected chi connectivity index (χ0v) is 41.7. The number of aromatic nitrogens is 2. The van der Waals surface area contributed by atoms with E-state index >= 15 is 0 Å². The minimum atomic E-state index is -3.44. The number of β-lactam (4-membered cyclic amide) rings is 1. The molecule has 1 fully saturated rings. The number of anilines is 1. The maximum Gasteiger partial charge on any atom is 0.355 e. The largest absolute Gasteiger partial charge is 0.497 e. The molecule has 0 bridgehead atoms. The van der Waals surface area contributed by atoms with E-state index in [9.17, 15) is 18.9 Å². The highest BCUT2D eigenvalue weighted by Gasteiger charge is 2.55. The molecular weight excluding hydrogens is 968 g/mol. The van der Waals surface area contributed by atoms with Gasteiger partial charge in [0.25, 0.3) is 19.2 Å². The molecule has 0 radical (unpaired) electrons. The Hall–Kier alpha value is -7.62. The third-order valence-electron chi connectivity index (χ3n) is 12.1. The van der Waals surface area contributed by atoms with Gasteiger partial charge in [-0.05, 0) is 70.6 Å². The second kappa shape index (κ2) is 22.6. The fraction of sp³-hybridized carbons (Fsp3) is 0.164. The molecule has 2 amide bonds. The van der Waals surface area contributed by atoms with Gasteiger partial charge in [0.1, 0.15) is 42.1 Å². The summed E-state index contributed by atoms with van der Waals surface area (Å²) < 4.78 is 36.2. The van der Waals surface area contributed by atoms with Crippen molar-refractivity contribution < 1.29 is 37.8 Å². The molecule has 9 rings (SSSR count). The highest BCUT2D eigenvalue weighted by molar-refractivity contribution is 8.00. The maximum atomic E-state index is 14.4. The van der Waals surface area contributed by atoms with Crippen molar-refractivity contribution in [3.63, 3.8) is 0 Å². The number of oxime groups is 1. The van der Waals surface area contributed by atoms with E-state index in [4.69, 9.17) is 23.8 Å². The van der Waals surface area contributed by atoms with Crippen molar-refractivity contribution in [2.24, 2.45) is 5.16 Å². The first-order valence-electron chi connectivity index (χ1n) is 22.9. The number of hydrogen-bond acceptors (Lipinski definition) is 14. The molecule has 7 aromatic rings. The van der Waals surface area contributed by atoms with Crippen LogP contribution in [-0.2, 0) is 45.2 Å². The van der Waals surface area contributed by atoms with E-state index in [0.717, 1.165) is 33.8 Å². The molecule has 2 N–H and O–H groups in total. The highest BCUT2D eigenvalue weighted by Crippen LogP contribution is 2.45. The standard InChI is InChI=1S/C55H49N6O8PS2/c1-66-43-33-31-38(32-34-43)36-68-53(64)48-39(20-18-19-35-69-70(65,44-27-14-6-15-28-44)45-29-16-7-17-30-45)37-71-52-47(51(63)61(48)52)56-50(62)46(59-67-2)49-57-54(72-60-49)58-55(40-21-8-3-9-22-40,41-23-10-4-11-24-41)42-25-12-5-13-26-42/h3-19,21-34,47,52H,20,35-37H2,1-2H3,(H,56,62)(H,57,58,60)/b19-18+,59-46-/t47-,52-/m1/s1. The molecule has 6 aromatic carbocycles. The van der Waals surface area contributed by atoms with Gasteiger partial charge in [-0.15, -0.1) is 11.8 Å². The van der Waals surface area contributed by atoms with Crippen LogP contribution in [0.4, 0.5) is 5.13 Å². The molecule has 1 saturated heterocycles. The summed E-state index contributed by atoms with van der Waals surface area (Å²) in [7, 11) is -0.571. The van der Waals surface area contributed by atoms with Gasteiger partial charge in [-0.25, -0.2) is 4.79 Å². The van der Waals surface area contributed by atoms with Gasteiger partial charge in [0.15, 0.2) is 0 Å². The topological polar surface area (TPSA) is 171 Å². The summed E-state index contributed by atoms with van der Waals surface area (Å²) in [6, 6.07) is 54.2. The zero-order chi connectivity index (χ0) is 49.9. The molecule has 14 nitrogen and oxygen atoms in total. The van der Waals surface area contributed by atoms with E-state index in [1.165, 1.54) is 23.8 Å². The van der Waals surface area contributed by atoms with Gasteiger partial charge < -0.3 is 29.5 Å². The van der Waals surface area contributed by atoms with Gasteiger partial charge in [-0.2, -0.15) is 9.36 Å². The Labute approximate surface area is 425 Å². The number of rotatable bonds is 20. The number of nitrogens with one attached hydrogen (secondary N) is 2. The lowest BCUT2D eigenvalue weighted by atomic mass is 9.77. The van der Waals surface area contributed by atoms with E-state index < -0.39 is 42.1 Å². The number of hydrogen-bond donors (Lipinski definition) is 2. The molecule has 0 unspecified atom stereocenters. The SMILES string of the molecule is CO/N=C(\C(=O)N[C@@H]1C(=O)N2C(C(=O)OCc3ccc(OC)cc3)=C(C/C=C/COP(=O)(c3ccccc3)c3ccccc3)CS[C@H]12)c1nsc(NC(c2ccccc2)(c2ccccc2)c2ccccc2)n1. The monoisotopic (exact) mass is 1020 g/mol. The molecule has 3 heterocycles. The van der Waals surface area contributed by atoms with Gasteiger partial charge in [0.2, 0.25) is 16.7 Å². The van der Waals surface area contributed by atoms with Crippen molar-refractivity contribution in [2.45, 2.75) is 30.0 Å². The Bertz CT molecular complexity index is 3000. The van der Waals surface area contributed by atoms with Crippen LogP contribution in [0.5, 0.6) is 5.75 Å². The first kappa shape index (κ1) is 49.4. The molecule has 1 aromatic heterocycles. The number of methoxy groups -OCH3 is 1. The Morgan fingerprint density at radius 2 is 1.33 bits per heavy atom. The maximum absolute atomic E-state index is 14.4. The summed E-state index contributed by atoms with van der Waals surface area (Å²) in [5, 5.41) is 11.4. The van der Waals surface area contributed by atoms with Crippen LogP contribution in [0.15, 0.2) is 205 Å². The molecule has 2 atom stereocenters. The van der Waals surface area contributed by atoms with Crippen molar-refractivity contribution in [2.75, 3.05) is 31.9 Å². The van der Waals surface area contributed by atoms with E-state index in [2.05, 4.69) is 20.2 Å². The smallest absolute Gasteiger partial charge is 0.355 e. The third kappa shape index (κ3) is 10.4. The van der Waals surface area contributed by atoms with Gasteiger partial charge >= 0.3 is 5.97 Å². The van der Waals surface area contributed by atoms with E-state index in [1.54, 1.807) is 61.7 Å². The molecule has 72 heavy (non-hydrogen) atoms. The van der Waals surface area contributed by atoms with Crippen LogP contribution in [0.3, 0.4) is 0 Å². The fourth-order valence-corrected chi connectivity index (χ4v) is 12.6. The molecule has 364 valence electrons. The summed E-state index contributed by atoms with van der Waals surface area (Å²) in [4.78, 5) is 53.8. The number of carbonyl (C=O) groups excluding carboxylic acids is 3. The van der Waals surface area contributed by atoms with Crippen molar-refractivity contribution in [1.29, 1.82) is 0 Å². The molecule has 17 heteroatoms. The fourth-order valence-electron chi connectivity index (χ4n) is 8.55. The summed E-state index contributed by atoms with van der Waals surface area (Å²) in [5.41, 5.74) is 3.11. The number of esters is 1. The summed E-state index contributed by atoms with van der Waals surface area (Å²) >= 11 is 2.44. The first-order valence-corrected chi connectivity index (χ1v) is 26.4. The third-order valence-corrected chi connectivity index (χ3v) is 16.5. The van der Waals surface area contributed by atoms with Gasteiger partial charge in [0, 0.05) is 27.9 Å². The average Bonchev–Trinajstić information content (AvgIpc) is 3.91. The normalized spacial score (nSPS) is 15.9. The minimum absolute atomic E-state index is 0.0167. The second-order valence-electron chi connectivity index (χ2n) is 16.4. The van der Waals surface area contributed by atoms with Gasteiger partial charge in [0.05, 0.1) is 13.7 Å². The highest BCUT2D eigenvalue weighted by atomic mass is 32.2. The number of fused-ring (bicyclic) bond motifs is 1. The summed E-state index contributed by atoms with van der Waals surface area (Å²) in [6.45, 7) is -0.0438. The van der Waals surface area contributed by atoms with Gasteiger partial charge in [-0.3, -0.25) is 19.1 Å². The Morgan fingerprint density at radius 1 is 0.778 bits per heavy atom. The molecule has 0 spiro atoms. The lowest BCUT2D eigenvalue weighted by Crippen LogP contribution is -2.71. The molecule has 0 saturated carbocycles. The van der Waals surface area contributed by atoms with Crippen LogP contribution >= 0.6 is 30.7 Å². The quantitative estimate of drug-likeness (QED) is 0.0142. The van der Waals surface area contributed by atoms with E-state index in [0.29, 0.717) is 32.8 Å². The number of thioether (sulfide) groups is 1. The van der Waals surface area contributed by atoms with Gasteiger partial charge in [-0.1, -0.05) is 157 Å². The molecule has 2 aliphatic rings. The van der Waals surface area contributed by atoms with Crippen molar-refractivity contribution >= 4 is 69.9 Å². The van der Waals surface area contributed by atoms with Crippen LogP contribution in [0.2, 0.25) is 0 Å². The van der Waals surface area contributed by atoms with Crippen LogP contribution in [-0.4, -0.2) is 75.7 Å². The molecule has 0 aliphatic carbocycles. The summed E-state index contributed by atoms with van der Waals surface area (Å²) in [5.74, 6) is -0.994. The van der Waals surface area contributed by atoms with Crippen LogP contribution in [0.25, 0.3) is 0 Å². The number of nitrogens with zero attached hydrogens (tertiary/aromatic N) is 4. The lowest BCUT2D eigenvalue weighted by molar-refractivity contribution is -0.153. The Kier molecular flexibility index (Phi) is 15.5. The van der Waals surface area contributed by atoms with Crippen LogP contribution in [0, 0.1) is 0 Å². The summed E-state index contributed by atoms with van der Waals surface area (Å²) in [6.07, 6.45) is 3.82. The number of benzene rings is 6. The average molecular weight is 1020 g/mol. The molecule has 2 aliphatic heterocycles. The van der Waals surface area contributed by atoms with E-state index in [1.807, 2.05) is 133 Å². The number of amides is 2. The Morgan fingerprint density at radius 3 is 1.88 bits per heavy atom. The first-order chi connectivity index (χ1) is 35.2. The second-order valence-corrected chi connectivity index (χ2v) is 20.7. The Balaban J connectivity index is 0.937. The predicted molar refractivity (Wildman–Crippen MR) is 281 cm³/mol. The zero-order valence-electron chi connectivity index (χ0n) is 39.2. The molecular formula is C55H49N6O8PS2. The van der Waals surface area contributed by atoms with E-state index in [-0.39, 0.29) is 36.9 Å². The number of ether oxygens (including phenoxy) is 2. The number of carbonyl (C=O) groups is 3. The predicted octanol–water partition coefficient (Wildman–Crippen LogP) is 8.59. The van der Waals surface area contributed by atoms with Crippen molar-refractivity contribution in [3.8, 4) is 5.75 Å². The van der Waals surface area contributed by atoms with Crippen LogP contribution in [0.1, 0.15) is 34.5 Å². The van der Waals surface area contributed by atoms with Crippen LogP contribution < -0.4 is 26.0 Å².